The van der Waals surface area contributed by atoms with Crippen LogP contribution in [0.1, 0.15) is 63.5 Å². The van der Waals surface area contributed by atoms with Gasteiger partial charge in [-0.1, -0.05) is 62.9 Å². The topological polar surface area (TPSA) is 37.3 Å². The molecule has 2 aliphatic rings. The van der Waals surface area contributed by atoms with Crippen LogP contribution < -0.4 is 0 Å². The van der Waals surface area contributed by atoms with Crippen LogP contribution in [0.2, 0.25) is 0 Å². The number of carbonyl (C=O) groups excluding carboxylic acids is 1. The van der Waals surface area contributed by atoms with Gasteiger partial charge in [-0.2, -0.15) is 0 Å². The van der Waals surface area contributed by atoms with E-state index in [0.717, 1.165) is 11.5 Å². The molecule has 3 rings (SSSR count). The van der Waals surface area contributed by atoms with E-state index >= 15 is 0 Å². The summed E-state index contributed by atoms with van der Waals surface area (Å²) in [5.41, 5.74) is 0.734. The summed E-state index contributed by atoms with van der Waals surface area (Å²) in [6.07, 6.45) is 7.41. The van der Waals surface area contributed by atoms with Gasteiger partial charge in [0.2, 0.25) is 0 Å². The number of aliphatic hydroxyl groups is 1. The quantitative estimate of drug-likeness (QED) is 0.867. The Bertz CT molecular complexity index is 494. The molecular weight excluding hydrogens is 272 g/mol. The Morgan fingerprint density at radius 3 is 2.73 bits per heavy atom. The minimum absolute atomic E-state index is 0.0127. The summed E-state index contributed by atoms with van der Waals surface area (Å²) in [6.45, 7) is 2.26. The molecule has 5 atom stereocenters. The molecule has 1 N–H and O–H groups in total. The van der Waals surface area contributed by atoms with E-state index in [-0.39, 0.29) is 5.78 Å². The maximum Gasteiger partial charge on any atom is 0.166 e. The van der Waals surface area contributed by atoms with Gasteiger partial charge >= 0.3 is 0 Å². The van der Waals surface area contributed by atoms with Gasteiger partial charge in [0.25, 0.3) is 0 Å². The van der Waals surface area contributed by atoms with Crippen molar-refractivity contribution in [2.75, 3.05) is 0 Å². The van der Waals surface area contributed by atoms with Gasteiger partial charge in [-0.05, 0) is 42.1 Å². The lowest BCUT2D eigenvalue weighted by atomic mass is 9.60. The van der Waals surface area contributed by atoms with Gasteiger partial charge in [0.15, 0.2) is 5.78 Å². The maximum absolute atomic E-state index is 12.6. The third-order valence-electron chi connectivity index (χ3n) is 6.05. The smallest absolute Gasteiger partial charge is 0.166 e. The third-order valence-corrected chi connectivity index (χ3v) is 6.05. The van der Waals surface area contributed by atoms with Crippen LogP contribution in [0.15, 0.2) is 30.3 Å². The number of hydrogen-bond acceptors (Lipinski definition) is 2. The molecule has 0 saturated heterocycles. The summed E-state index contributed by atoms with van der Waals surface area (Å²) in [5, 5.41) is 10.4. The van der Waals surface area contributed by atoms with E-state index in [1.807, 2.05) is 30.3 Å². The molecule has 2 aliphatic carbocycles. The number of hydrogen-bond donors (Lipinski definition) is 1. The SMILES string of the molecule is CCC1CC2CCCC(C2)C1CC(=O)C(O)c1ccccc1. The van der Waals surface area contributed by atoms with Gasteiger partial charge in [-0.3, -0.25) is 4.79 Å². The molecule has 2 heteroatoms. The summed E-state index contributed by atoms with van der Waals surface area (Å²) in [6, 6.07) is 9.37. The molecule has 0 aromatic heterocycles. The van der Waals surface area contributed by atoms with E-state index in [9.17, 15) is 9.90 Å². The highest BCUT2D eigenvalue weighted by molar-refractivity contribution is 5.84. The number of rotatable bonds is 5. The van der Waals surface area contributed by atoms with Crippen LogP contribution in [0.5, 0.6) is 0 Å². The number of Topliss-reactive ketones (excluding diaryl/α,β-unsaturated/α-hetero) is 1. The molecule has 0 spiro atoms. The first-order chi connectivity index (χ1) is 10.7. The van der Waals surface area contributed by atoms with E-state index in [2.05, 4.69) is 6.92 Å². The average molecular weight is 300 g/mol. The van der Waals surface area contributed by atoms with Crippen molar-refractivity contribution in [2.24, 2.45) is 23.7 Å². The Kier molecular flexibility index (Phi) is 4.97. The molecule has 2 fully saturated rings. The molecular formula is C20H28O2. The Hall–Kier alpha value is -1.15. The van der Waals surface area contributed by atoms with Crippen molar-refractivity contribution >= 4 is 5.78 Å². The summed E-state index contributed by atoms with van der Waals surface area (Å²) >= 11 is 0. The average Bonchev–Trinajstić information content (AvgIpc) is 2.57. The summed E-state index contributed by atoms with van der Waals surface area (Å²) in [4.78, 5) is 12.6. The molecule has 0 radical (unpaired) electrons. The van der Waals surface area contributed by atoms with Crippen LogP contribution in [0.4, 0.5) is 0 Å². The van der Waals surface area contributed by atoms with Crippen LogP contribution in [-0.2, 0) is 4.79 Å². The first kappa shape index (κ1) is 15.7. The summed E-state index contributed by atoms with van der Waals surface area (Å²) in [7, 11) is 0. The molecule has 2 nitrogen and oxygen atoms in total. The summed E-state index contributed by atoms with van der Waals surface area (Å²) in [5.74, 6) is 2.79. The van der Waals surface area contributed by atoms with Crippen molar-refractivity contribution in [1.29, 1.82) is 0 Å². The fourth-order valence-corrected chi connectivity index (χ4v) is 4.89. The van der Waals surface area contributed by atoms with Gasteiger partial charge in [-0.15, -0.1) is 0 Å². The third kappa shape index (κ3) is 3.27. The maximum atomic E-state index is 12.6. The van der Waals surface area contributed by atoms with Crippen molar-refractivity contribution in [3.8, 4) is 0 Å². The van der Waals surface area contributed by atoms with E-state index in [1.54, 1.807) is 0 Å². The van der Waals surface area contributed by atoms with Crippen LogP contribution in [0, 0.1) is 23.7 Å². The van der Waals surface area contributed by atoms with Gasteiger partial charge in [0.1, 0.15) is 6.10 Å². The van der Waals surface area contributed by atoms with E-state index in [4.69, 9.17) is 0 Å². The van der Waals surface area contributed by atoms with Gasteiger partial charge < -0.3 is 5.11 Å². The largest absolute Gasteiger partial charge is 0.381 e. The molecule has 120 valence electrons. The van der Waals surface area contributed by atoms with Crippen molar-refractivity contribution < 1.29 is 9.90 Å². The van der Waals surface area contributed by atoms with E-state index in [0.29, 0.717) is 24.2 Å². The predicted molar refractivity (Wildman–Crippen MR) is 88.4 cm³/mol. The number of fused-ring (bicyclic) bond motifs is 2. The normalized spacial score (nSPS) is 32.5. The van der Waals surface area contributed by atoms with Crippen molar-refractivity contribution in [3.63, 3.8) is 0 Å². The standard InChI is InChI=1S/C20H28O2/c1-2-15-11-14-7-6-10-17(12-14)18(15)13-19(21)20(22)16-8-4-3-5-9-16/h3-5,8-9,14-15,17-18,20,22H,2,6-7,10-13H2,1H3. The molecule has 22 heavy (non-hydrogen) atoms. The second kappa shape index (κ2) is 6.95. The van der Waals surface area contributed by atoms with Crippen LogP contribution in [0.25, 0.3) is 0 Å². The van der Waals surface area contributed by atoms with Crippen LogP contribution in [0.3, 0.4) is 0 Å². The monoisotopic (exact) mass is 300 g/mol. The first-order valence-corrected chi connectivity index (χ1v) is 8.94. The highest BCUT2D eigenvalue weighted by Crippen LogP contribution is 2.48. The second-order valence-electron chi connectivity index (χ2n) is 7.34. The van der Waals surface area contributed by atoms with Crippen molar-refractivity contribution in [1.82, 2.24) is 0 Å². The molecule has 0 aliphatic heterocycles. The fourth-order valence-electron chi connectivity index (χ4n) is 4.89. The zero-order chi connectivity index (χ0) is 15.5. The lowest BCUT2D eigenvalue weighted by Crippen LogP contribution is -2.37. The molecule has 5 unspecified atom stereocenters. The lowest BCUT2D eigenvalue weighted by molar-refractivity contribution is -0.130. The Morgan fingerprint density at radius 2 is 2.00 bits per heavy atom. The second-order valence-corrected chi connectivity index (χ2v) is 7.34. The Morgan fingerprint density at radius 1 is 1.23 bits per heavy atom. The minimum Gasteiger partial charge on any atom is -0.381 e. The van der Waals surface area contributed by atoms with Crippen molar-refractivity contribution in [2.45, 2.75) is 58.0 Å². The Balaban J connectivity index is 1.69. The molecule has 2 saturated carbocycles. The highest BCUT2D eigenvalue weighted by Gasteiger charge is 2.40. The van der Waals surface area contributed by atoms with Gasteiger partial charge in [0.05, 0.1) is 0 Å². The number of ketones is 1. The van der Waals surface area contributed by atoms with Crippen LogP contribution >= 0.6 is 0 Å². The van der Waals surface area contributed by atoms with Gasteiger partial charge in [-0.25, -0.2) is 0 Å². The highest BCUT2D eigenvalue weighted by atomic mass is 16.3. The predicted octanol–water partition coefficient (Wildman–Crippen LogP) is 4.53. The molecule has 2 bridgehead atoms. The molecule has 1 aromatic carbocycles. The zero-order valence-corrected chi connectivity index (χ0v) is 13.6. The minimum atomic E-state index is -0.944. The zero-order valence-electron chi connectivity index (χ0n) is 13.6. The number of aliphatic hydroxyl groups excluding tert-OH is 1. The number of carbonyl (C=O) groups is 1. The van der Waals surface area contributed by atoms with Gasteiger partial charge in [0, 0.05) is 6.42 Å². The van der Waals surface area contributed by atoms with E-state index in [1.165, 1.54) is 38.5 Å². The Labute approximate surface area is 133 Å². The van der Waals surface area contributed by atoms with Crippen molar-refractivity contribution in [3.05, 3.63) is 35.9 Å². The van der Waals surface area contributed by atoms with E-state index < -0.39 is 6.10 Å². The molecule has 0 heterocycles. The molecule has 0 amide bonds. The molecule has 1 aromatic rings. The number of benzene rings is 1. The fraction of sp³-hybridized carbons (Fsp3) is 0.650. The van der Waals surface area contributed by atoms with Crippen LogP contribution in [-0.4, -0.2) is 10.9 Å². The summed E-state index contributed by atoms with van der Waals surface area (Å²) < 4.78 is 0. The first-order valence-electron chi connectivity index (χ1n) is 8.94. The lowest BCUT2D eigenvalue weighted by Gasteiger charge is -2.45.